The zero-order valence-electron chi connectivity index (χ0n) is 19.6. The molecule has 1 aliphatic heterocycles. The number of methoxy groups -OCH3 is 1. The third-order valence-corrected chi connectivity index (χ3v) is 6.68. The highest BCUT2D eigenvalue weighted by atomic mass is 32.2. The van der Waals surface area contributed by atoms with Gasteiger partial charge in [-0.1, -0.05) is 42.1 Å². The van der Waals surface area contributed by atoms with Gasteiger partial charge < -0.3 is 15.2 Å². The number of rotatable bonds is 8. The number of aliphatic imine (C=N–C) groups is 1. The lowest BCUT2D eigenvalue weighted by atomic mass is 10.1. The average Bonchev–Trinajstić information content (AvgIpc) is 3.17. The number of thioether (sulfide) groups is 1. The highest BCUT2D eigenvalue weighted by molar-refractivity contribution is 8.15. The van der Waals surface area contributed by atoms with Crippen molar-refractivity contribution in [1.29, 1.82) is 0 Å². The lowest BCUT2D eigenvalue weighted by Gasteiger charge is -2.16. The van der Waals surface area contributed by atoms with Crippen LogP contribution in [0.4, 0.5) is 11.4 Å². The van der Waals surface area contributed by atoms with Crippen LogP contribution in [-0.2, 0) is 16.0 Å². The summed E-state index contributed by atoms with van der Waals surface area (Å²) >= 11 is 1.22. The van der Waals surface area contributed by atoms with E-state index in [9.17, 15) is 14.4 Å². The van der Waals surface area contributed by atoms with Crippen LogP contribution >= 0.6 is 11.8 Å². The number of imide groups is 1. The van der Waals surface area contributed by atoms with Gasteiger partial charge in [0, 0.05) is 18.7 Å². The predicted octanol–water partition coefficient (Wildman–Crippen LogP) is 4.47. The number of para-hydroxylation sites is 1. The van der Waals surface area contributed by atoms with Gasteiger partial charge in [-0.05, 0) is 60.5 Å². The van der Waals surface area contributed by atoms with Gasteiger partial charge in [-0.2, -0.15) is 0 Å². The molecule has 3 aromatic carbocycles. The van der Waals surface area contributed by atoms with Gasteiger partial charge in [-0.3, -0.25) is 14.6 Å². The number of amides is 2. The van der Waals surface area contributed by atoms with Gasteiger partial charge in [0.05, 0.1) is 18.4 Å². The molecule has 184 valence electrons. The second-order valence-electron chi connectivity index (χ2n) is 8.01. The quantitative estimate of drug-likeness (QED) is 0.265. The van der Waals surface area contributed by atoms with E-state index in [0.717, 1.165) is 21.9 Å². The highest BCUT2D eigenvalue weighted by Crippen LogP contribution is 2.31. The van der Waals surface area contributed by atoms with Gasteiger partial charge in [0.2, 0.25) is 11.8 Å². The van der Waals surface area contributed by atoms with Gasteiger partial charge in [-0.25, -0.2) is 9.69 Å². The molecule has 0 radical (unpaired) electrons. The molecule has 0 saturated carbocycles. The maximum Gasteiger partial charge on any atom is 0.335 e. The Morgan fingerprint density at radius 1 is 1.06 bits per heavy atom. The number of anilines is 2. The Balaban J connectivity index is 1.48. The lowest BCUT2D eigenvalue weighted by molar-refractivity contribution is -0.121. The molecule has 2 amide bonds. The SMILES string of the molecule is COc1ccc(CCN=C(Nc2ccccc2)S[C@@H]2CC(=O)N(c3ccc(C(=O)O)cc3)C2=O)cc1. The molecule has 1 aliphatic rings. The van der Waals surface area contributed by atoms with E-state index in [1.807, 2.05) is 54.6 Å². The summed E-state index contributed by atoms with van der Waals surface area (Å²) in [6, 6.07) is 23.0. The van der Waals surface area contributed by atoms with Crippen LogP contribution in [0.1, 0.15) is 22.3 Å². The molecule has 0 bridgehead atoms. The normalized spacial score (nSPS) is 15.8. The van der Waals surface area contributed by atoms with E-state index in [1.165, 1.54) is 36.0 Å². The van der Waals surface area contributed by atoms with Crippen molar-refractivity contribution in [3.8, 4) is 5.75 Å². The van der Waals surface area contributed by atoms with Crippen molar-refractivity contribution in [1.82, 2.24) is 0 Å². The number of hydrogen-bond donors (Lipinski definition) is 2. The van der Waals surface area contributed by atoms with Crippen LogP contribution in [0.3, 0.4) is 0 Å². The van der Waals surface area contributed by atoms with Crippen LogP contribution in [0.25, 0.3) is 0 Å². The van der Waals surface area contributed by atoms with Gasteiger partial charge in [0.1, 0.15) is 11.0 Å². The van der Waals surface area contributed by atoms with Crippen molar-refractivity contribution in [2.45, 2.75) is 18.1 Å². The summed E-state index contributed by atoms with van der Waals surface area (Å²) < 4.78 is 5.20. The number of nitrogens with one attached hydrogen (secondary N) is 1. The molecule has 0 spiro atoms. The van der Waals surface area contributed by atoms with Gasteiger partial charge >= 0.3 is 5.97 Å². The van der Waals surface area contributed by atoms with E-state index >= 15 is 0 Å². The molecular weight excluding hydrogens is 478 g/mol. The summed E-state index contributed by atoms with van der Waals surface area (Å²) in [6.07, 6.45) is 0.724. The highest BCUT2D eigenvalue weighted by Gasteiger charge is 2.40. The van der Waals surface area contributed by atoms with E-state index < -0.39 is 11.2 Å². The minimum absolute atomic E-state index is 0.0259. The molecule has 0 unspecified atom stereocenters. The fraction of sp³-hybridized carbons (Fsp3) is 0.185. The van der Waals surface area contributed by atoms with Crippen LogP contribution in [0.15, 0.2) is 83.9 Å². The molecule has 1 saturated heterocycles. The van der Waals surface area contributed by atoms with Gasteiger partial charge in [0.15, 0.2) is 5.17 Å². The number of carbonyl (C=O) groups is 3. The summed E-state index contributed by atoms with van der Waals surface area (Å²) in [5, 5.41) is 12.3. The molecular formula is C27H25N3O5S. The molecule has 0 aromatic heterocycles. The van der Waals surface area contributed by atoms with E-state index in [1.54, 1.807) is 7.11 Å². The Morgan fingerprint density at radius 3 is 2.39 bits per heavy atom. The largest absolute Gasteiger partial charge is 0.497 e. The van der Waals surface area contributed by atoms with E-state index in [4.69, 9.17) is 14.8 Å². The second kappa shape index (κ2) is 11.5. The van der Waals surface area contributed by atoms with Crippen molar-refractivity contribution in [3.05, 3.63) is 90.0 Å². The molecule has 1 heterocycles. The summed E-state index contributed by atoms with van der Waals surface area (Å²) in [6.45, 7) is 0.490. The lowest BCUT2D eigenvalue weighted by Crippen LogP contribution is -2.31. The summed E-state index contributed by atoms with van der Waals surface area (Å²) in [5.41, 5.74) is 2.37. The molecule has 1 fully saturated rings. The van der Waals surface area contributed by atoms with E-state index in [-0.39, 0.29) is 23.8 Å². The maximum atomic E-state index is 13.2. The summed E-state index contributed by atoms with van der Waals surface area (Å²) in [7, 11) is 1.62. The number of carboxylic acids is 1. The monoisotopic (exact) mass is 503 g/mol. The number of benzene rings is 3. The molecule has 8 nitrogen and oxygen atoms in total. The first kappa shape index (κ1) is 25.0. The minimum Gasteiger partial charge on any atom is -0.497 e. The molecule has 36 heavy (non-hydrogen) atoms. The maximum absolute atomic E-state index is 13.2. The number of aromatic carboxylic acids is 1. The van der Waals surface area contributed by atoms with Crippen molar-refractivity contribution < 1.29 is 24.2 Å². The van der Waals surface area contributed by atoms with Crippen molar-refractivity contribution >= 4 is 46.1 Å². The van der Waals surface area contributed by atoms with Crippen LogP contribution in [0.5, 0.6) is 5.75 Å². The first-order valence-electron chi connectivity index (χ1n) is 11.3. The first-order valence-corrected chi connectivity index (χ1v) is 12.2. The van der Waals surface area contributed by atoms with Gasteiger partial charge in [0.25, 0.3) is 0 Å². The smallest absolute Gasteiger partial charge is 0.335 e. The average molecular weight is 504 g/mol. The van der Waals surface area contributed by atoms with Crippen LogP contribution in [-0.4, -0.2) is 47.0 Å². The third-order valence-electron chi connectivity index (χ3n) is 5.57. The first-order chi connectivity index (χ1) is 17.4. The number of amidine groups is 1. The standard InChI is InChI=1S/C27H25N3O5S/c1-35-22-13-7-18(8-14-22)15-16-28-27(29-20-5-3-2-4-6-20)36-23-17-24(31)30(25(23)32)21-11-9-19(10-12-21)26(33)34/h2-14,23H,15-17H2,1H3,(H,28,29)(H,33,34)/t23-/m1/s1. The zero-order chi connectivity index (χ0) is 25.5. The van der Waals surface area contributed by atoms with Crippen molar-refractivity contribution in [2.75, 3.05) is 23.9 Å². The molecule has 9 heteroatoms. The van der Waals surface area contributed by atoms with Crippen molar-refractivity contribution in [2.24, 2.45) is 4.99 Å². The predicted molar refractivity (Wildman–Crippen MR) is 141 cm³/mol. The molecule has 0 aliphatic carbocycles. The molecule has 3 aromatic rings. The Kier molecular flexibility index (Phi) is 8.02. The minimum atomic E-state index is -1.07. The molecule has 4 rings (SSSR count). The number of hydrogen-bond acceptors (Lipinski definition) is 6. The summed E-state index contributed by atoms with van der Waals surface area (Å²) in [5.74, 6) is -0.976. The Bertz CT molecular complexity index is 1260. The topological polar surface area (TPSA) is 108 Å². The Morgan fingerprint density at radius 2 is 1.75 bits per heavy atom. The van der Waals surface area contributed by atoms with Gasteiger partial charge in [-0.15, -0.1) is 0 Å². The zero-order valence-corrected chi connectivity index (χ0v) is 20.4. The molecule has 2 N–H and O–H groups in total. The van der Waals surface area contributed by atoms with Crippen LogP contribution < -0.4 is 15.0 Å². The number of ether oxygens (including phenoxy) is 1. The Hall–Kier alpha value is -4.11. The van der Waals surface area contributed by atoms with Crippen LogP contribution in [0.2, 0.25) is 0 Å². The van der Waals surface area contributed by atoms with E-state index in [0.29, 0.717) is 23.8 Å². The number of carboxylic acid groups (broad SMARTS) is 1. The summed E-state index contributed by atoms with van der Waals surface area (Å²) in [4.78, 5) is 42.8. The van der Waals surface area contributed by atoms with Crippen LogP contribution in [0, 0.1) is 0 Å². The third kappa shape index (κ3) is 6.11. The molecule has 1 atom stereocenters. The van der Waals surface area contributed by atoms with E-state index in [2.05, 4.69) is 5.32 Å². The van der Waals surface area contributed by atoms with Crippen molar-refractivity contribution in [3.63, 3.8) is 0 Å². The second-order valence-corrected chi connectivity index (χ2v) is 9.20. The fourth-order valence-corrected chi connectivity index (χ4v) is 4.73. The Labute approximate surface area is 213 Å². The number of carbonyl (C=O) groups excluding carboxylic acids is 2. The fourth-order valence-electron chi connectivity index (χ4n) is 3.69. The number of nitrogens with zero attached hydrogens (tertiary/aromatic N) is 2.